The van der Waals surface area contributed by atoms with Crippen LogP contribution in [0.3, 0.4) is 0 Å². The van der Waals surface area contributed by atoms with Crippen LogP contribution >= 0.6 is 0 Å². The second-order valence-electron chi connectivity index (χ2n) is 6.73. The van der Waals surface area contributed by atoms with Crippen LogP contribution in [-0.2, 0) is 6.54 Å². The van der Waals surface area contributed by atoms with Crippen molar-refractivity contribution in [2.75, 3.05) is 20.1 Å². The van der Waals surface area contributed by atoms with E-state index in [0.717, 1.165) is 16.9 Å². The van der Waals surface area contributed by atoms with Crippen LogP contribution in [0.15, 0.2) is 42.6 Å². The first-order valence-corrected chi connectivity index (χ1v) is 9.34. The van der Waals surface area contributed by atoms with Crippen molar-refractivity contribution >= 4 is 5.91 Å². The molecule has 1 aromatic heterocycles. The highest BCUT2D eigenvalue weighted by atomic mass is 16.7. The summed E-state index contributed by atoms with van der Waals surface area (Å²) in [5.41, 5.74) is 2.94. The van der Waals surface area contributed by atoms with Gasteiger partial charge in [-0.2, -0.15) is 5.10 Å². The van der Waals surface area contributed by atoms with Crippen molar-refractivity contribution in [3.05, 3.63) is 53.7 Å². The van der Waals surface area contributed by atoms with Gasteiger partial charge in [0.05, 0.1) is 17.5 Å². The number of fused-ring (bicyclic) bond motifs is 2. The molecule has 3 aromatic rings. The van der Waals surface area contributed by atoms with Crippen LogP contribution in [0.5, 0.6) is 23.0 Å². The van der Waals surface area contributed by atoms with E-state index in [1.54, 1.807) is 11.1 Å². The number of rotatable bonds is 5. The molecule has 0 radical (unpaired) electrons. The van der Waals surface area contributed by atoms with Crippen molar-refractivity contribution in [1.82, 2.24) is 15.1 Å². The van der Waals surface area contributed by atoms with Gasteiger partial charge in [-0.1, -0.05) is 6.07 Å². The Hall–Kier alpha value is -3.68. The molecule has 0 spiro atoms. The van der Waals surface area contributed by atoms with Gasteiger partial charge in [0.1, 0.15) is 0 Å². The molecule has 8 heteroatoms. The number of H-pyrrole nitrogens is 1. The Morgan fingerprint density at radius 1 is 1.00 bits per heavy atom. The molecular formula is C21H19N3O5. The van der Waals surface area contributed by atoms with Crippen molar-refractivity contribution < 1.29 is 23.7 Å². The molecule has 2 aliphatic rings. The van der Waals surface area contributed by atoms with Crippen LogP contribution in [-0.4, -0.2) is 41.1 Å². The molecule has 8 nitrogen and oxygen atoms in total. The number of amides is 1. The number of nitrogens with one attached hydrogen (secondary N) is 1. The zero-order valence-corrected chi connectivity index (χ0v) is 15.8. The number of carbonyl (C=O) groups is 1. The van der Waals surface area contributed by atoms with E-state index >= 15 is 0 Å². The van der Waals surface area contributed by atoms with Gasteiger partial charge >= 0.3 is 0 Å². The van der Waals surface area contributed by atoms with Crippen LogP contribution in [0.25, 0.3) is 11.3 Å². The Kier molecular flexibility index (Phi) is 4.23. The van der Waals surface area contributed by atoms with Gasteiger partial charge in [-0.15, -0.1) is 0 Å². The Morgan fingerprint density at radius 3 is 2.45 bits per heavy atom. The van der Waals surface area contributed by atoms with E-state index in [1.807, 2.05) is 43.3 Å². The molecule has 1 amide bonds. The van der Waals surface area contributed by atoms with Crippen molar-refractivity contribution in [3.63, 3.8) is 0 Å². The molecule has 5 rings (SSSR count). The van der Waals surface area contributed by atoms with Crippen LogP contribution in [0.2, 0.25) is 0 Å². The lowest BCUT2D eigenvalue weighted by molar-refractivity contribution is 0.0753. The number of aromatic amines is 1. The normalized spacial score (nSPS) is 13.6. The van der Waals surface area contributed by atoms with E-state index < -0.39 is 0 Å². The molecule has 2 aliphatic heterocycles. The molecule has 3 heterocycles. The highest BCUT2D eigenvalue weighted by Crippen LogP contribution is 2.36. The number of carbonyl (C=O) groups excluding carboxylic acids is 1. The summed E-state index contributed by atoms with van der Waals surface area (Å²) < 4.78 is 21.6. The molecule has 0 atom stereocenters. The van der Waals surface area contributed by atoms with Gasteiger partial charge in [0.15, 0.2) is 23.0 Å². The summed E-state index contributed by atoms with van der Waals surface area (Å²) in [4.78, 5) is 15.0. The van der Waals surface area contributed by atoms with E-state index in [9.17, 15) is 4.79 Å². The summed E-state index contributed by atoms with van der Waals surface area (Å²) in [6, 6.07) is 11.3. The van der Waals surface area contributed by atoms with Gasteiger partial charge < -0.3 is 23.8 Å². The van der Waals surface area contributed by atoms with Gasteiger partial charge in [0, 0.05) is 18.7 Å². The number of benzene rings is 2. The predicted octanol–water partition coefficient (Wildman–Crippen LogP) is 3.20. The minimum Gasteiger partial charge on any atom is -0.454 e. The average molecular weight is 393 g/mol. The number of aromatic nitrogens is 2. The zero-order valence-electron chi connectivity index (χ0n) is 15.8. The highest BCUT2D eigenvalue weighted by molar-refractivity contribution is 5.99. The fraction of sp³-hybridized carbons (Fsp3) is 0.238. The minimum absolute atomic E-state index is 0.105. The maximum Gasteiger partial charge on any atom is 0.257 e. The summed E-state index contributed by atoms with van der Waals surface area (Å²) in [5.74, 6) is 2.67. The van der Waals surface area contributed by atoms with Crippen LogP contribution < -0.4 is 18.9 Å². The fourth-order valence-corrected chi connectivity index (χ4v) is 3.48. The monoisotopic (exact) mass is 393 g/mol. The molecule has 1 N–H and O–H groups in total. The predicted molar refractivity (Wildman–Crippen MR) is 103 cm³/mol. The Morgan fingerprint density at radius 2 is 1.69 bits per heavy atom. The first-order chi connectivity index (χ1) is 14.2. The van der Waals surface area contributed by atoms with Gasteiger partial charge in [0.25, 0.3) is 5.91 Å². The van der Waals surface area contributed by atoms with Crippen molar-refractivity contribution in [3.8, 4) is 34.3 Å². The first-order valence-electron chi connectivity index (χ1n) is 9.34. The molecular weight excluding hydrogens is 374 g/mol. The summed E-state index contributed by atoms with van der Waals surface area (Å²) in [6.07, 6.45) is 1.56. The van der Waals surface area contributed by atoms with Crippen LogP contribution in [0.1, 0.15) is 22.8 Å². The third kappa shape index (κ3) is 3.12. The molecule has 148 valence electrons. The molecule has 0 saturated heterocycles. The fourth-order valence-electron chi connectivity index (χ4n) is 3.48. The number of hydrogen-bond acceptors (Lipinski definition) is 6. The quantitative estimate of drug-likeness (QED) is 0.717. The number of hydrogen-bond donors (Lipinski definition) is 1. The Bertz CT molecular complexity index is 1080. The van der Waals surface area contributed by atoms with Gasteiger partial charge in [-0.3, -0.25) is 9.89 Å². The van der Waals surface area contributed by atoms with Crippen LogP contribution in [0, 0.1) is 0 Å². The molecule has 0 bridgehead atoms. The lowest BCUT2D eigenvalue weighted by Gasteiger charge is -2.21. The Labute approximate surface area is 166 Å². The molecule has 0 fully saturated rings. The van der Waals surface area contributed by atoms with Gasteiger partial charge in [-0.25, -0.2) is 0 Å². The van der Waals surface area contributed by atoms with Crippen molar-refractivity contribution in [1.29, 1.82) is 0 Å². The topological polar surface area (TPSA) is 85.9 Å². The SMILES string of the molecule is CCN(Cc1ccc2c(c1)OCO2)C(=O)c1cn[nH]c1-c1ccc2c(c1)OCO2. The zero-order chi connectivity index (χ0) is 19.8. The summed E-state index contributed by atoms with van der Waals surface area (Å²) in [7, 11) is 0. The second-order valence-corrected chi connectivity index (χ2v) is 6.73. The Balaban J connectivity index is 1.40. The van der Waals surface area contributed by atoms with E-state index in [-0.39, 0.29) is 19.5 Å². The third-order valence-electron chi connectivity index (χ3n) is 5.01. The molecule has 29 heavy (non-hydrogen) atoms. The number of nitrogens with zero attached hydrogens (tertiary/aromatic N) is 2. The minimum atomic E-state index is -0.105. The summed E-state index contributed by atoms with van der Waals surface area (Å²) in [5, 5.41) is 7.04. The van der Waals surface area contributed by atoms with Crippen molar-refractivity contribution in [2.24, 2.45) is 0 Å². The van der Waals surface area contributed by atoms with Gasteiger partial charge in [-0.05, 0) is 42.8 Å². The molecule has 0 aliphatic carbocycles. The van der Waals surface area contributed by atoms with E-state index in [4.69, 9.17) is 18.9 Å². The highest BCUT2D eigenvalue weighted by Gasteiger charge is 2.23. The lowest BCUT2D eigenvalue weighted by Crippen LogP contribution is -2.30. The smallest absolute Gasteiger partial charge is 0.257 e. The lowest BCUT2D eigenvalue weighted by atomic mass is 10.1. The van der Waals surface area contributed by atoms with Gasteiger partial charge in [0.2, 0.25) is 13.6 Å². The summed E-state index contributed by atoms with van der Waals surface area (Å²) >= 11 is 0. The summed E-state index contributed by atoms with van der Waals surface area (Å²) in [6.45, 7) is 3.39. The maximum atomic E-state index is 13.3. The standard InChI is InChI=1S/C21H19N3O5/c1-2-24(10-13-3-5-16-18(7-13)28-11-26-16)21(25)15-9-22-23-20(15)14-4-6-17-19(8-14)29-12-27-17/h3-9H,2,10-12H2,1H3,(H,22,23). The maximum absolute atomic E-state index is 13.3. The number of ether oxygens (including phenoxy) is 4. The molecule has 0 saturated carbocycles. The van der Waals surface area contributed by atoms with E-state index in [1.165, 1.54) is 0 Å². The van der Waals surface area contributed by atoms with E-state index in [2.05, 4.69) is 10.2 Å². The molecule has 2 aromatic carbocycles. The first kappa shape index (κ1) is 17.4. The van der Waals surface area contributed by atoms with Crippen LogP contribution in [0.4, 0.5) is 0 Å². The average Bonchev–Trinajstić information content (AvgIpc) is 3.50. The molecule has 0 unspecified atom stereocenters. The van der Waals surface area contributed by atoms with Crippen molar-refractivity contribution in [2.45, 2.75) is 13.5 Å². The van der Waals surface area contributed by atoms with E-state index in [0.29, 0.717) is 41.6 Å². The second kappa shape index (κ2) is 7.05. The third-order valence-corrected chi connectivity index (χ3v) is 5.01. The largest absolute Gasteiger partial charge is 0.454 e.